The van der Waals surface area contributed by atoms with Crippen LogP contribution in [0.2, 0.25) is 0 Å². The van der Waals surface area contributed by atoms with Crippen LogP contribution in [0.25, 0.3) is 16.3 Å². The predicted molar refractivity (Wildman–Crippen MR) is 109 cm³/mol. The Hall–Kier alpha value is -2.42. The Balaban J connectivity index is 1.55. The van der Waals surface area contributed by atoms with Crippen molar-refractivity contribution in [2.24, 2.45) is 0 Å². The van der Waals surface area contributed by atoms with E-state index in [2.05, 4.69) is 15.3 Å². The van der Waals surface area contributed by atoms with Crippen LogP contribution in [0, 0.1) is 0 Å². The molecule has 5 nitrogen and oxygen atoms in total. The number of benzene rings is 1. The van der Waals surface area contributed by atoms with Crippen LogP contribution < -0.4 is 5.32 Å². The number of thioether (sulfide) groups is 1. The van der Waals surface area contributed by atoms with Gasteiger partial charge in [0.2, 0.25) is 0 Å². The molecule has 0 bridgehead atoms. The minimum Gasteiger partial charge on any atom is -0.298 e. The zero-order chi connectivity index (χ0) is 17.9. The second-order valence-corrected chi connectivity index (χ2v) is 7.88. The Morgan fingerprint density at radius 1 is 1.23 bits per heavy atom. The third-order valence-electron chi connectivity index (χ3n) is 3.67. The Bertz CT molecular complexity index is 1040. The lowest BCUT2D eigenvalue weighted by molar-refractivity contribution is 0.102. The summed E-state index contributed by atoms with van der Waals surface area (Å²) < 4.78 is 1.96. The van der Waals surface area contributed by atoms with Gasteiger partial charge in [-0.15, -0.1) is 22.7 Å². The molecule has 4 aromatic rings. The van der Waals surface area contributed by atoms with Crippen molar-refractivity contribution in [1.29, 1.82) is 0 Å². The monoisotopic (exact) mass is 398 g/mol. The smallest absolute Gasteiger partial charge is 0.257 e. The van der Waals surface area contributed by atoms with Crippen LogP contribution in [0.1, 0.15) is 10.4 Å². The summed E-state index contributed by atoms with van der Waals surface area (Å²) in [5.74, 6) is -0.176. The highest BCUT2D eigenvalue weighted by molar-refractivity contribution is 7.98. The lowest BCUT2D eigenvalue weighted by atomic mass is 10.2. The molecule has 8 heteroatoms. The number of anilines is 1. The van der Waals surface area contributed by atoms with Crippen LogP contribution in [0.4, 0.5) is 5.13 Å². The summed E-state index contributed by atoms with van der Waals surface area (Å²) in [6.45, 7) is 0. The van der Waals surface area contributed by atoms with Crippen molar-refractivity contribution in [2.45, 2.75) is 5.16 Å². The summed E-state index contributed by atoms with van der Waals surface area (Å²) in [7, 11) is 0. The number of amides is 1. The minimum atomic E-state index is -0.176. The van der Waals surface area contributed by atoms with E-state index < -0.39 is 0 Å². The van der Waals surface area contributed by atoms with E-state index in [4.69, 9.17) is 0 Å². The highest BCUT2D eigenvalue weighted by Gasteiger charge is 2.12. The van der Waals surface area contributed by atoms with Crippen LogP contribution in [-0.4, -0.2) is 26.7 Å². The molecule has 0 aliphatic rings. The number of hydrogen-bond acceptors (Lipinski definition) is 6. The molecule has 26 heavy (non-hydrogen) atoms. The number of carbonyl (C=O) groups excluding carboxylic acids is 1. The zero-order valence-corrected chi connectivity index (χ0v) is 16.2. The lowest BCUT2D eigenvalue weighted by Gasteiger charge is -2.08. The van der Waals surface area contributed by atoms with Gasteiger partial charge in [-0.3, -0.25) is 14.7 Å². The van der Waals surface area contributed by atoms with Gasteiger partial charge in [-0.25, -0.2) is 9.97 Å². The van der Waals surface area contributed by atoms with Crippen molar-refractivity contribution in [1.82, 2.24) is 14.5 Å². The average molecular weight is 399 g/mol. The van der Waals surface area contributed by atoms with Gasteiger partial charge in [-0.2, -0.15) is 0 Å². The lowest BCUT2D eigenvalue weighted by Crippen LogP contribution is -2.12. The molecule has 3 heterocycles. The van der Waals surface area contributed by atoms with Crippen LogP contribution >= 0.6 is 34.4 Å². The molecule has 0 spiro atoms. The molecule has 4 rings (SSSR count). The van der Waals surface area contributed by atoms with E-state index in [-0.39, 0.29) is 5.91 Å². The van der Waals surface area contributed by atoms with Crippen LogP contribution in [0.15, 0.2) is 64.7 Å². The fourth-order valence-corrected chi connectivity index (χ4v) is 4.47. The molecule has 1 amide bonds. The van der Waals surface area contributed by atoms with Gasteiger partial charge in [-0.05, 0) is 35.9 Å². The van der Waals surface area contributed by atoms with Gasteiger partial charge in [-0.1, -0.05) is 23.9 Å². The minimum absolute atomic E-state index is 0.176. The number of nitrogens with one attached hydrogen (secondary N) is 1. The Morgan fingerprint density at radius 3 is 2.96 bits per heavy atom. The normalized spacial score (nSPS) is 10.8. The first-order valence-corrected chi connectivity index (χ1v) is 10.7. The first-order chi connectivity index (χ1) is 12.7. The van der Waals surface area contributed by atoms with E-state index >= 15 is 0 Å². The summed E-state index contributed by atoms with van der Waals surface area (Å²) in [5.41, 5.74) is 2.37. The molecule has 0 radical (unpaired) electrons. The van der Waals surface area contributed by atoms with Gasteiger partial charge < -0.3 is 0 Å². The molecule has 0 unspecified atom stereocenters. The highest BCUT2D eigenvalue weighted by atomic mass is 32.2. The maximum atomic E-state index is 12.6. The number of thiazole rings is 1. The topological polar surface area (TPSA) is 59.8 Å². The molecule has 0 aliphatic carbocycles. The first kappa shape index (κ1) is 17.0. The molecule has 1 aromatic carbocycles. The molecule has 3 aromatic heterocycles. The molecule has 1 N–H and O–H groups in total. The Kier molecular flexibility index (Phi) is 4.87. The molecule has 0 atom stereocenters. The number of thiophene rings is 1. The average Bonchev–Trinajstić information content (AvgIpc) is 3.42. The van der Waals surface area contributed by atoms with Gasteiger partial charge in [0, 0.05) is 29.0 Å². The highest BCUT2D eigenvalue weighted by Crippen LogP contribution is 2.28. The summed E-state index contributed by atoms with van der Waals surface area (Å²) in [6.07, 6.45) is 5.61. The summed E-state index contributed by atoms with van der Waals surface area (Å²) in [5, 5.41) is 8.32. The van der Waals surface area contributed by atoms with E-state index in [0.29, 0.717) is 10.7 Å². The quantitative estimate of drug-likeness (QED) is 0.479. The van der Waals surface area contributed by atoms with Crippen molar-refractivity contribution >= 4 is 45.5 Å². The maximum Gasteiger partial charge on any atom is 0.257 e. The number of imidazole rings is 1. The van der Waals surface area contributed by atoms with E-state index in [1.807, 2.05) is 58.1 Å². The van der Waals surface area contributed by atoms with E-state index in [9.17, 15) is 4.79 Å². The van der Waals surface area contributed by atoms with Crippen molar-refractivity contribution in [3.8, 4) is 16.3 Å². The Labute approximate surface area is 162 Å². The van der Waals surface area contributed by atoms with Crippen LogP contribution in [0.5, 0.6) is 0 Å². The van der Waals surface area contributed by atoms with Crippen molar-refractivity contribution in [3.63, 3.8) is 0 Å². The van der Waals surface area contributed by atoms with Gasteiger partial charge in [0.25, 0.3) is 5.91 Å². The Morgan fingerprint density at radius 2 is 2.15 bits per heavy atom. The van der Waals surface area contributed by atoms with E-state index in [1.165, 1.54) is 11.3 Å². The standard InChI is InChI=1S/C18H14N4OS3/c1-24-18-19-7-8-22(18)13-5-2-4-12(10-13)16(23)21-17-20-14(11-26-17)15-6-3-9-25-15/h2-11H,1H3,(H,20,21,23). The van der Waals surface area contributed by atoms with Crippen molar-refractivity contribution in [3.05, 3.63) is 65.1 Å². The number of aromatic nitrogens is 3. The SMILES string of the molecule is CSc1nccn1-c1cccc(C(=O)Nc2nc(-c3cccs3)cs2)c1. The van der Waals surface area contributed by atoms with Gasteiger partial charge in [0.1, 0.15) is 0 Å². The number of hydrogen-bond donors (Lipinski definition) is 1. The first-order valence-electron chi connectivity index (χ1n) is 7.73. The summed E-state index contributed by atoms with van der Waals surface area (Å²) in [6, 6.07) is 11.5. The largest absolute Gasteiger partial charge is 0.298 e. The van der Waals surface area contributed by atoms with Gasteiger partial charge in [0.05, 0.1) is 10.6 Å². The molecule has 0 saturated heterocycles. The van der Waals surface area contributed by atoms with Crippen LogP contribution in [-0.2, 0) is 0 Å². The fourth-order valence-electron chi connectivity index (χ4n) is 2.47. The number of nitrogens with zero attached hydrogens (tertiary/aromatic N) is 3. The third-order valence-corrected chi connectivity index (χ3v) is 5.99. The fraction of sp³-hybridized carbons (Fsp3) is 0.0556. The molecular formula is C18H14N4OS3. The summed E-state index contributed by atoms with van der Waals surface area (Å²) in [4.78, 5) is 22.5. The molecule has 0 fully saturated rings. The molecule has 0 aliphatic heterocycles. The number of rotatable bonds is 5. The maximum absolute atomic E-state index is 12.6. The third kappa shape index (κ3) is 3.44. The van der Waals surface area contributed by atoms with Gasteiger partial charge >= 0.3 is 0 Å². The number of carbonyl (C=O) groups is 1. The zero-order valence-electron chi connectivity index (χ0n) is 13.7. The van der Waals surface area contributed by atoms with Gasteiger partial charge in [0.15, 0.2) is 10.3 Å². The molecular weight excluding hydrogens is 384 g/mol. The molecule has 130 valence electrons. The van der Waals surface area contributed by atoms with E-state index in [0.717, 1.165) is 21.4 Å². The van der Waals surface area contributed by atoms with Crippen molar-refractivity contribution in [2.75, 3.05) is 11.6 Å². The van der Waals surface area contributed by atoms with Crippen molar-refractivity contribution < 1.29 is 4.79 Å². The second-order valence-electron chi connectivity index (χ2n) is 5.30. The second kappa shape index (κ2) is 7.45. The predicted octanol–water partition coefficient (Wildman–Crippen LogP) is 5.03. The molecule has 0 saturated carbocycles. The van der Waals surface area contributed by atoms with Crippen LogP contribution in [0.3, 0.4) is 0 Å². The summed E-state index contributed by atoms with van der Waals surface area (Å²) >= 11 is 4.61. The van der Waals surface area contributed by atoms with E-state index in [1.54, 1.807) is 35.4 Å².